The second-order valence-corrected chi connectivity index (χ2v) is 3.14. The maximum Gasteiger partial charge on any atom is 0.564 e. The van der Waals surface area contributed by atoms with E-state index in [1.54, 1.807) is 18.2 Å². The van der Waals surface area contributed by atoms with Gasteiger partial charge in [0.2, 0.25) is 0 Å². The van der Waals surface area contributed by atoms with Crippen molar-refractivity contribution in [2.75, 3.05) is 0 Å². The summed E-state index contributed by atoms with van der Waals surface area (Å²) in [5.41, 5.74) is 0.422. The van der Waals surface area contributed by atoms with Crippen LogP contribution >= 0.6 is 23.2 Å². The van der Waals surface area contributed by atoms with Crippen LogP contribution in [0.4, 0.5) is 8.63 Å². The van der Waals surface area contributed by atoms with Crippen molar-refractivity contribution < 1.29 is 8.63 Å². The van der Waals surface area contributed by atoms with Gasteiger partial charge in [-0.15, -0.1) is 0 Å². The van der Waals surface area contributed by atoms with Crippen LogP contribution in [-0.2, 0) is 0 Å². The molecule has 0 saturated carbocycles. The minimum absolute atomic E-state index is 0.365. The van der Waals surface area contributed by atoms with Gasteiger partial charge < -0.3 is 0 Å². The lowest BCUT2D eigenvalue weighted by Crippen LogP contribution is -1.88. The molecular formula is C8H5BCl2F2. The van der Waals surface area contributed by atoms with Gasteiger partial charge in [0.1, 0.15) is 0 Å². The van der Waals surface area contributed by atoms with Crippen molar-refractivity contribution in [1.29, 1.82) is 0 Å². The van der Waals surface area contributed by atoms with E-state index >= 15 is 0 Å². The first-order valence-electron chi connectivity index (χ1n) is 3.51. The molecule has 0 nitrogen and oxygen atoms in total. The second kappa shape index (κ2) is 4.63. The molecule has 0 unspecified atom stereocenters. The summed E-state index contributed by atoms with van der Waals surface area (Å²) in [4.78, 5) is 0. The molecule has 0 N–H and O–H groups in total. The predicted octanol–water partition coefficient (Wildman–Crippen LogP) is 3.97. The molecule has 0 aliphatic rings. The fraction of sp³-hybridized carbons (Fsp3) is 0. The number of hydrogen-bond acceptors (Lipinski definition) is 0. The van der Waals surface area contributed by atoms with E-state index < -0.39 is 7.27 Å². The van der Waals surface area contributed by atoms with Crippen molar-refractivity contribution in [1.82, 2.24) is 0 Å². The van der Waals surface area contributed by atoms with E-state index in [9.17, 15) is 8.63 Å². The van der Waals surface area contributed by atoms with Crippen LogP contribution in [0.15, 0.2) is 24.2 Å². The third-order valence-electron chi connectivity index (χ3n) is 1.41. The van der Waals surface area contributed by atoms with Gasteiger partial charge in [-0.2, -0.15) is 0 Å². The van der Waals surface area contributed by atoms with Crippen molar-refractivity contribution in [3.8, 4) is 0 Å². The molecule has 0 amide bonds. The van der Waals surface area contributed by atoms with E-state index in [4.69, 9.17) is 23.2 Å². The van der Waals surface area contributed by atoms with Crippen LogP contribution < -0.4 is 0 Å². The average molecular weight is 221 g/mol. The summed E-state index contributed by atoms with van der Waals surface area (Å²) in [5.74, 6) is 0.743. The van der Waals surface area contributed by atoms with Crippen LogP contribution in [0.25, 0.3) is 6.08 Å². The summed E-state index contributed by atoms with van der Waals surface area (Å²) in [5, 5.41) is 0.730. The lowest BCUT2D eigenvalue weighted by Gasteiger charge is -1.99. The molecule has 1 rings (SSSR count). The Morgan fingerprint density at radius 3 is 2.15 bits per heavy atom. The van der Waals surface area contributed by atoms with Crippen LogP contribution in [0.2, 0.25) is 10.0 Å². The van der Waals surface area contributed by atoms with Gasteiger partial charge in [0.25, 0.3) is 0 Å². The number of rotatable bonds is 2. The zero-order valence-electron chi connectivity index (χ0n) is 6.48. The highest BCUT2D eigenvalue weighted by Gasteiger charge is 2.07. The second-order valence-electron chi connectivity index (χ2n) is 2.33. The van der Waals surface area contributed by atoms with Gasteiger partial charge in [-0.3, -0.25) is 8.63 Å². The molecule has 0 atom stereocenters. The molecule has 5 heteroatoms. The minimum Gasteiger partial charge on any atom is -0.282 e. The molecule has 0 aromatic heterocycles. The van der Waals surface area contributed by atoms with E-state index in [1.165, 1.54) is 6.08 Å². The van der Waals surface area contributed by atoms with Gasteiger partial charge in [0, 0.05) is 15.6 Å². The van der Waals surface area contributed by atoms with E-state index in [0.29, 0.717) is 15.6 Å². The largest absolute Gasteiger partial charge is 0.564 e. The Labute approximate surface area is 85.3 Å². The Balaban J connectivity index is 3.00. The lowest BCUT2D eigenvalue weighted by molar-refractivity contribution is 0.683. The van der Waals surface area contributed by atoms with Crippen LogP contribution in [0.3, 0.4) is 0 Å². The van der Waals surface area contributed by atoms with E-state index in [1.807, 2.05) is 0 Å². The molecule has 0 spiro atoms. The van der Waals surface area contributed by atoms with Crippen molar-refractivity contribution in [2.24, 2.45) is 0 Å². The van der Waals surface area contributed by atoms with Crippen molar-refractivity contribution in [3.63, 3.8) is 0 Å². The van der Waals surface area contributed by atoms with E-state index in [-0.39, 0.29) is 0 Å². The summed E-state index contributed by atoms with van der Waals surface area (Å²) >= 11 is 11.5. The third kappa shape index (κ3) is 3.01. The van der Waals surface area contributed by atoms with E-state index in [2.05, 4.69) is 0 Å². The summed E-state index contributed by atoms with van der Waals surface area (Å²) in [6.45, 7) is 0. The molecular weight excluding hydrogens is 216 g/mol. The Morgan fingerprint density at radius 1 is 1.15 bits per heavy atom. The monoisotopic (exact) mass is 220 g/mol. The van der Waals surface area contributed by atoms with Crippen LogP contribution in [-0.4, -0.2) is 7.27 Å². The maximum absolute atomic E-state index is 11.8. The van der Waals surface area contributed by atoms with Crippen molar-refractivity contribution in [2.45, 2.75) is 0 Å². The molecule has 13 heavy (non-hydrogen) atoms. The molecule has 0 bridgehead atoms. The number of hydrogen-bond donors (Lipinski definition) is 0. The van der Waals surface area contributed by atoms with Gasteiger partial charge in [-0.05, 0) is 18.1 Å². The Hall–Kier alpha value is -0.535. The van der Waals surface area contributed by atoms with Gasteiger partial charge in [-0.1, -0.05) is 35.3 Å². The summed E-state index contributed by atoms with van der Waals surface area (Å²) < 4.78 is 23.6. The minimum atomic E-state index is -2.49. The van der Waals surface area contributed by atoms with Crippen LogP contribution in [0, 0.1) is 0 Å². The summed E-state index contributed by atoms with van der Waals surface area (Å²) in [6, 6.07) is 4.85. The average Bonchev–Trinajstić information content (AvgIpc) is 2.03. The van der Waals surface area contributed by atoms with Crippen molar-refractivity contribution in [3.05, 3.63) is 39.8 Å². The molecule has 0 saturated heterocycles. The number of halogens is 4. The Morgan fingerprint density at radius 2 is 1.69 bits per heavy atom. The normalized spacial score (nSPS) is 10.8. The van der Waals surface area contributed by atoms with Gasteiger partial charge in [0.05, 0.1) is 0 Å². The first kappa shape index (κ1) is 10.5. The highest BCUT2D eigenvalue weighted by Crippen LogP contribution is 2.25. The Kier molecular flexibility index (Phi) is 3.76. The zero-order chi connectivity index (χ0) is 9.84. The van der Waals surface area contributed by atoms with Crippen LogP contribution in [0.5, 0.6) is 0 Å². The van der Waals surface area contributed by atoms with Crippen molar-refractivity contribution >= 4 is 36.5 Å². The first-order chi connectivity index (χ1) is 6.11. The molecule has 0 aliphatic heterocycles. The highest BCUT2D eigenvalue weighted by molar-refractivity contribution is 6.50. The molecule has 0 fully saturated rings. The number of benzene rings is 1. The van der Waals surface area contributed by atoms with Gasteiger partial charge >= 0.3 is 7.27 Å². The van der Waals surface area contributed by atoms with E-state index in [0.717, 1.165) is 5.98 Å². The zero-order valence-corrected chi connectivity index (χ0v) is 7.99. The summed E-state index contributed by atoms with van der Waals surface area (Å²) in [7, 11) is -2.49. The molecule has 68 valence electrons. The highest BCUT2D eigenvalue weighted by atomic mass is 35.5. The quantitative estimate of drug-likeness (QED) is 0.662. The molecule has 0 radical (unpaired) electrons. The molecule has 1 aromatic rings. The fourth-order valence-electron chi connectivity index (χ4n) is 0.839. The molecule has 0 aliphatic carbocycles. The SMILES string of the molecule is FB(F)C=Cc1c(Cl)cccc1Cl. The fourth-order valence-corrected chi connectivity index (χ4v) is 1.36. The van der Waals surface area contributed by atoms with Gasteiger partial charge in [0.15, 0.2) is 0 Å². The topological polar surface area (TPSA) is 0 Å². The Bertz CT molecular complexity index is 306. The molecule has 1 aromatic carbocycles. The molecule has 0 heterocycles. The van der Waals surface area contributed by atoms with Gasteiger partial charge in [-0.25, -0.2) is 0 Å². The smallest absolute Gasteiger partial charge is 0.282 e. The predicted molar refractivity (Wildman–Crippen MR) is 53.5 cm³/mol. The summed E-state index contributed by atoms with van der Waals surface area (Å²) in [6.07, 6.45) is 1.22. The van der Waals surface area contributed by atoms with Crippen LogP contribution in [0.1, 0.15) is 5.56 Å². The first-order valence-corrected chi connectivity index (χ1v) is 4.27. The third-order valence-corrected chi connectivity index (χ3v) is 2.07. The standard InChI is InChI=1S/C8H5BCl2F2/c10-7-2-1-3-8(11)6(7)4-5-9(12)13/h1-5H. The maximum atomic E-state index is 11.8. The lowest BCUT2D eigenvalue weighted by atomic mass is 9.97.